The molecule has 1 fully saturated rings. The maximum Gasteiger partial charge on any atom is 0.165 e. The van der Waals surface area contributed by atoms with Crippen LogP contribution in [0.3, 0.4) is 0 Å². The molecule has 0 spiro atoms. The van der Waals surface area contributed by atoms with E-state index in [1.54, 1.807) is 0 Å². The molecule has 2 aromatic carbocycles. The molecular formula is C28H34N2O4. The van der Waals surface area contributed by atoms with Crippen molar-refractivity contribution in [3.8, 4) is 23.0 Å². The molecule has 34 heavy (non-hydrogen) atoms. The van der Waals surface area contributed by atoms with E-state index in [1.807, 2.05) is 36.4 Å². The number of rotatable bonds is 8. The summed E-state index contributed by atoms with van der Waals surface area (Å²) in [5.41, 5.74) is 2.27. The minimum Gasteiger partial charge on any atom is -0.486 e. The van der Waals surface area contributed by atoms with Gasteiger partial charge in [0.2, 0.25) is 0 Å². The number of hydrogen-bond donors (Lipinski definition) is 0. The first-order chi connectivity index (χ1) is 16.7. The Morgan fingerprint density at radius 2 is 1.15 bits per heavy atom. The standard InChI is InChI=1S/C28H34N2O4/c1-3-7-21-9-5-11-25-27(21)33-23(19-31-25)17-29-13-15-30(16-14-29)18-24-20-32-26-12-6-10-22(8-4-2)28(26)34-24/h3-6,9-12,23-24H,1-2,7-8,13-20H2/t23-,24-/m0/s1. The summed E-state index contributed by atoms with van der Waals surface area (Å²) in [6.07, 6.45) is 5.46. The van der Waals surface area contributed by atoms with Gasteiger partial charge in [-0.05, 0) is 25.0 Å². The first-order valence-electron chi connectivity index (χ1n) is 12.2. The second-order valence-electron chi connectivity index (χ2n) is 9.18. The Bertz CT molecular complexity index is 934. The van der Waals surface area contributed by atoms with Gasteiger partial charge in [0.15, 0.2) is 23.0 Å². The first-order valence-corrected chi connectivity index (χ1v) is 12.2. The van der Waals surface area contributed by atoms with E-state index in [-0.39, 0.29) is 12.2 Å². The maximum absolute atomic E-state index is 6.36. The Morgan fingerprint density at radius 1 is 0.706 bits per heavy atom. The van der Waals surface area contributed by atoms with Gasteiger partial charge in [-0.15, -0.1) is 13.2 Å². The Hall–Kier alpha value is -2.96. The van der Waals surface area contributed by atoms with E-state index < -0.39 is 0 Å². The summed E-state index contributed by atoms with van der Waals surface area (Å²) in [5, 5.41) is 0. The van der Waals surface area contributed by atoms with Gasteiger partial charge in [0.1, 0.15) is 25.4 Å². The minimum atomic E-state index is 0.0416. The number of nitrogens with zero attached hydrogens (tertiary/aromatic N) is 2. The second-order valence-corrected chi connectivity index (χ2v) is 9.18. The quantitative estimate of drug-likeness (QED) is 0.557. The zero-order valence-electron chi connectivity index (χ0n) is 19.8. The highest BCUT2D eigenvalue weighted by Crippen LogP contribution is 2.37. The Balaban J connectivity index is 1.11. The number of para-hydroxylation sites is 2. The van der Waals surface area contributed by atoms with Crippen molar-refractivity contribution in [2.24, 2.45) is 0 Å². The number of hydrogen-bond acceptors (Lipinski definition) is 6. The molecule has 0 N–H and O–H groups in total. The summed E-state index contributed by atoms with van der Waals surface area (Å²) >= 11 is 0. The number of piperazine rings is 1. The molecule has 0 amide bonds. The summed E-state index contributed by atoms with van der Waals surface area (Å²) in [5.74, 6) is 3.44. The van der Waals surface area contributed by atoms with Gasteiger partial charge in [0.05, 0.1) is 0 Å². The fraction of sp³-hybridized carbons (Fsp3) is 0.429. The van der Waals surface area contributed by atoms with Crippen LogP contribution in [0.1, 0.15) is 11.1 Å². The molecule has 5 rings (SSSR count). The second kappa shape index (κ2) is 10.5. The van der Waals surface area contributed by atoms with Crippen molar-refractivity contribution in [1.29, 1.82) is 0 Å². The highest BCUT2D eigenvalue weighted by atomic mass is 16.6. The predicted molar refractivity (Wildman–Crippen MR) is 133 cm³/mol. The number of ether oxygens (including phenoxy) is 4. The zero-order valence-corrected chi connectivity index (χ0v) is 19.8. The van der Waals surface area contributed by atoms with E-state index in [9.17, 15) is 0 Å². The summed E-state index contributed by atoms with van der Waals surface area (Å²) in [6, 6.07) is 12.2. The average Bonchev–Trinajstić information content (AvgIpc) is 2.86. The first kappa shape index (κ1) is 22.8. The third-order valence-corrected chi connectivity index (χ3v) is 6.66. The third kappa shape index (κ3) is 5.08. The van der Waals surface area contributed by atoms with Gasteiger partial charge in [-0.1, -0.05) is 36.4 Å². The van der Waals surface area contributed by atoms with E-state index >= 15 is 0 Å². The molecule has 3 aliphatic rings. The van der Waals surface area contributed by atoms with Crippen molar-refractivity contribution in [1.82, 2.24) is 9.80 Å². The third-order valence-electron chi connectivity index (χ3n) is 6.66. The molecule has 3 heterocycles. The van der Waals surface area contributed by atoms with Crippen molar-refractivity contribution in [3.63, 3.8) is 0 Å². The van der Waals surface area contributed by atoms with Gasteiger partial charge >= 0.3 is 0 Å². The van der Waals surface area contributed by atoms with Gasteiger partial charge in [-0.2, -0.15) is 0 Å². The lowest BCUT2D eigenvalue weighted by atomic mass is 10.1. The lowest BCUT2D eigenvalue weighted by Crippen LogP contribution is -2.53. The fourth-order valence-corrected chi connectivity index (χ4v) is 4.93. The van der Waals surface area contributed by atoms with E-state index in [2.05, 4.69) is 35.1 Å². The molecule has 0 unspecified atom stereocenters. The highest BCUT2D eigenvalue weighted by molar-refractivity contribution is 5.49. The number of fused-ring (bicyclic) bond motifs is 2. The maximum atomic E-state index is 6.36. The molecule has 2 atom stereocenters. The summed E-state index contributed by atoms with van der Waals surface area (Å²) in [7, 11) is 0. The molecule has 0 aliphatic carbocycles. The monoisotopic (exact) mass is 462 g/mol. The van der Waals surface area contributed by atoms with Crippen molar-refractivity contribution in [3.05, 3.63) is 72.8 Å². The molecule has 3 aliphatic heterocycles. The summed E-state index contributed by atoms with van der Waals surface area (Å²) < 4.78 is 24.7. The van der Waals surface area contributed by atoms with E-state index in [4.69, 9.17) is 18.9 Å². The van der Waals surface area contributed by atoms with Crippen molar-refractivity contribution < 1.29 is 18.9 Å². The molecule has 0 radical (unpaired) electrons. The summed E-state index contributed by atoms with van der Waals surface area (Å²) in [4.78, 5) is 4.95. The molecular weight excluding hydrogens is 428 g/mol. The zero-order chi connectivity index (χ0) is 23.3. The van der Waals surface area contributed by atoms with Crippen molar-refractivity contribution in [2.75, 3.05) is 52.5 Å². The van der Waals surface area contributed by atoms with Crippen LogP contribution in [-0.4, -0.2) is 74.5 Å². The van der Waals surface area contributed by atoms with Crippen LogP contribution in [0.5, 0.6) is 23.0 Å². The minimum absolute atomic E-state index is 0.0416. The van der Waals surface area contributed by atoms with Crippen LogP contribution < -0.4 is 18.9 Å². The van der Waals surface area contributed by atoms with Crippen LogP contribution in [0.2, 0.25) is 0 Å². The van der Waals surface area contributed by atoms with E-state index in [0.29, 0.717) is 13.2 Å². The van der Waals surface area contributed by atoms with Gasteiger partial charge in [0, 0.05) is 50.4 Å². The topological polar surface area (TPSA) is 43.4 Å². The molecule has 2 aromatic rings. The fourth-order valence-electron chi connectivity index (χ4n) is 4.93. The molecule has 0 saturated carbocycles. The van der Waals surface area contributed by atoms with Gasteiger partial charge in [-0.25, -0.2) is 0 Å². The van der Waals surface area contributed by atoms with Crippen LogP contribution in [0.4, 0.5) is 0 Å². The number of benzene rings is 2. The SMILES string of the molecule is C=CCc1cccc2c1O[C@@H](CN1CCN(C[C@H]3COc4cccc(CC=C)c4O3)CC1)CO2. The van der Waals surface area contributed by atoms with Gasteiger partial charge < -0.3 is 18.9 Å². The lowest BCUT2D eigenvalue weighted by molar-refractivity contribution is 0.0195. The van der Waals surface area contributed by atoms with Crippen LogP contribution in [0.25, 0.3) is 0 Å². The van der Waals surface area contributed by atoms with Gasteiger partial charge in [-0.3, -0.25) is 9.80 Å². The highest BCUT2D eigenvalue weighted by Gasteiger charge is 2.29. The van der Waals surface area contributed by atoms with Crippen molar-refractivity contribution in [2.45, 2.75) is 25.0 Å². The molecule has 6 heteroatoms. The van der Waals surface area contributed by atoms with Gasteiger partial charge in [0.25, 0.3) is 0 Å². The van der Waals surface area contributed by atoms with E-state index in [1.165, 1.54) is 0 Å². The average molecular weight is 463 g/mol. The lowest BCUT2D eigenvalue weighted by Gasteiger charge is -2.39. The Kier molecular flexibility index (Phi) is 7.07. The normalized spacial score (nSPS) is 22.2. The Morgan fingerprint density at radius 3 is 1.56 bits per heavy atom. The van der Waals surface area contributed by atoms with Crippen LogP contribution >= 0.6 is 0 Å². The van der Waals surface area contributed by atoms with E-state index in [0.717, 1.165) is 86.2 Å². The van der Waals surface area contributed by atoms with Crippen LogP contribution in [-0.2, 0) is 12.8 Å². The molecule has 0 bridgehead atoms. The largest absolute Gasteiger partial charge is 0.486 e. The molecule has 0 aromatic heterocycles. The smallest absolute Gasteiger partial charge is 0.165 e. The molecule has 6 nitrogen and oxygen atoms in total. The summed E-state index contributed by atoms with van der Waals surface area (Å²) in [6.45, 7) is 14.7. The van der Waals surface area contributed by atoms with Crippen LogP contribution in [0.15, 0.2) is 61.7 Å². The molecule has 180 valence electrons. The van der Waals surface area contributed by atoms with Crippen LogP contribution in [0, 0.1) is 0 Å². The predicted octanol–water partition coefficient (Wildman–Crippen LogP) is 3.74. The molecule has 1 saturated heterocycles. The van der Waals surface area contributed by atoms with Crippen molar-refractivity contribution >= 4 is 0 Å². The number of allylic oxidation sites excluding steroid dienone is 2. The Labute approximate surface area is 202 Å².